The van der Waals surface area contributed by atoms with Crippen LogP contribution >= 0.6 is 11.8 Å². The van der Waals surface area contributed by atoms with Crippen LogP contribution in [0.3, 0.4) is 0 Å². The van der Waals surface area contributed by atoms with E-state index in [1.165, 1.54) is 16.7 Å². The number of fused-ring (bicyclic) bond motifs is 1. The summed E-state index contributed by atoms with van der Waals surface area (Å²) in [6.07, 6.45) is 1.61. The fraction of sp³-hybridized carbons (Fsp3) is 0.263. The van der Waals surface area contributed by atoms with Crippen molar-refractivity contribution in [1.29, 1.82) is 0 Å². The topological polar surface area (TPSA) is 93.3 Å². The molecule has 1 aliphatic heterocycles. The Morgan fingerprint density at radius 2 is 2.07 bits per heavy atom. The van der Waals surface area contributed by atoms with Crippen LogP contribution in [-0.4, -0.2) is 38.4 Å². The van der Waals surface area contributed by atoms with Crippen molar-refractivity contribution < 1.29 is 14.0 Å². The maximum atomic E-state index is 13.1. The summed E-state index contributed by atoms with van der Waals surface area (Å²) in [5.74, 6) is 1.07. The van der Waals surface area contributed by atoms with Gasteiger partial charge in [-0.25, -0.2) is 0 Å². The SMILES string of the molecule is Cc1occc1-c1nnc(S[C@@H](C)C(=O)N2CC(=O)Nc3ccccc32)n1C. The van der Waals surface area contributed by atoms with Crippen LogP contribution in [0.15, 0.2) is 46.2 Å². The number of aryl methyl sites for hydroxylation is 1. The number of para-hydroxylation sites is 2. The number of carbonyl (C=O) groups is 2. The third-order valence-electron chi connectivity index (χ3n) is 4.60. The number of anilines is 2. The Hall–Kier alpha value is -3.07. The molecule has 1 aliphatic rings. The summed E-state index contributed by atoms with van der Waals surface area (Å²) in [5.41, 5.74) is 2.20. The number of hydrogen-bond acceptors (Lipinski definition) is 6. The molecule has 2 amide bonds. The molecule has 1 aromatic carbocycles. The van der Waals surface area contributed by atoms with Crippen molar-refractivity contribution in [3.8, 4) is 11.4 Å². The van der Waals surface area contributed by atoms with Crippen molar-refractivity contribution in [2.75, 3.05) is 16.8 Å². The first kappa shape index (κ1) is 18.3. The predicted octanol–water partition coefficient (Wildman–Crippen LogP) is 2.85. The van der Waals surface area contributed by atoms with Crippen LogP contribution in [0, 0.1) is 6.92 Å². The first-order valence-corrected chi connectivity index (χ1v) is 9.64. The Morgan fingerprint density at radius 3 is 2.82 bits per heavy atom. The molecule has 0 unspecified atom stereocenters. The normalized spacial score (nSPS) is 14.5. The number of hydrogen-bond donors (Lipinski definition) is 1. The zero-order chi connectivity index (χ0) is 19.8. The highest BCUT2D eigenvalue weighted by Gasteiger charge is 2.31. The highest BCUT2D eigenvalue weighted by molar-refractivity contribution is 8.00. The summed E-state index contributed by atoms with van der Waals surface area (Å²) in [5, 5.41) is 11.4. The van der Waals surface area contributed by atoms with Crippen LogP contribution < -0.4 is 10.2 Å². The second-order valence-electron chi connectivity index (χ2n) is 6.51. The Kier molecular flexibility index (Phi) is 4.68. The maximum Gasteiger partial charge on any atom is 0.244 e. The number of amides is 2. The van der Waals surface area contributed by atoms with Gasteiger partial charge < -0.3 is 14.3 Å². The lowest BCUT2D eigenvalue weighted by atomic mass is 10.2. The number of furan rings is 1. The second kappa shape index (κ2) is 7.16. The van der Waals surface area contributed by atoms with Crippen LogP contribution in [0.4, 0.5) is 11.4 Å². The number of benzene rings is 1. The smallest absolute Gasteiger partial charge is 0.244 e. The molecular weight excluding hydrogens is 378 g/mol. The summed E-state index contributed by atoms with van der Waals surface area (Å²) in [4.78, 5) is 26.6. The summed E-state index contributed by atoms with van der Waals surface area (Å²) >= 11 is 1.31. The zero-order valence-electron chi connectivity index (χ0n) is 15.7. The van der Waals surface area contributed by atoms with E-state index < -0.39 is 5.25 Å². The highest BCUT2D eigenvalue weighted by Crippen LogP contribution is 2.33. The molecule has 0 radical (unpaired) electrons. The van der Waals surface area contributed by atoms with Crippen LogP contribution in [0.25, 0.3) is 11.4 Å². The zero-order valence-corrected chi connectivity index (χ0v) is 16.5. The number of nitrogens with one attached hydrogen (secondary N) is 1. The molecule has 1 N–H and O–H groups in total. The van der Waals surface area contributed by atoms with Crippen molar-refractivity contribution >= 4 is 35.0 Å². The molecule has 0 bridgehead atoms. The number of rotatable bonds is 4. The van der Waals surface area contributed by atoms with E-state index in [1.54, 1.807) is 19.3 Å². The quantitative estimate of drug-likeness (QED) is 0.681. The van der Waals surface area contributed by atoms with E-state index in [2.05, 4.69) is 15.5 Å². The van der Waals surface area contributed by atoms with Gasteiger partial charge in [-0.05, 0) is 32.0 Å². The minimum atomic E-state index is -0.444. The Balaban J connectivity index is 1.56. The van der Waals surface area contributed by atoms with Gasteiger partial charge >= 0.3 is 0 Å². The summed E-state index contributed by atoms with van der Waals surface area (Å²) in [6.45, 7) is 3.67. The molecule has 3 aromatic rings. The second-order valence-corrected chi connectivity index (χ2v) is 7.81. The van der Waals surface area contributed by atoms with Gasteiger partial charge in [0.25, 0.3) is 0 Å². The van der Waals surface area contributed by atoms with Crippen LogP contribution in [-0.2, 0) is 16.6 Å². The third kappa shape index (κ3) is 3.18. The number of aromatic nitrogens is 3. The fourth-order valence-electron chi connectivity index (χ4n) is 3.13. The van der Waals surface area contributed by atoms with Gasteiger partial charge in [-0.15, -0.1) is 10.2 Å². The number of nitrogens with zero attached hydrogens (tertiary/aromatic N) is 4. The summed E-state index contributed by atoms with van der Waals surface area (Å²) in [6, 6.07) is 9.12. The van der Waals surface area contributed by atoms with Gasteiger partial charge in [-0.2, -0.15) is 0 Å². The van der Waals surface area contributed by atoms with E-state index in [4.69, 9.17) is 4.42 Å². The monoisotopic (exact) mass is 397 g/mol. The average Bonchev–Trinajstić information content (AvgIpc) is 3.26. The fourth-order valence-corrected chi connectivity index (χ4v) is 4.00. The Labute approximate surface area is 165 Å². The van der Waals surface area contributed by atoms with E-state index in [9.17, 15) is 9.59 Å². The molecule has 4 rings (SSSR count). The molecule has 0 fully saturated rings. The molecule has 1 atom stereocenters. The van der Waals surface area contributed by atoms with E-state index in [-0.39, 0.29) is 18.4 Å². The molecule has 2 aromatic heterocycles. The molecular formula is C19H19N5O3S. The molecule has 0 saturated carbocycles. The molecule has 3 heterocycles. The first-order valence-electron chi connectivity index (χ1n) is 8.76. The molecule has 8 nitrogen and oxygen atoms in total. The van der Waals surface area contributed by atoms with E-state index >= 15 is 0 Å². The molecule has 0 aliphatic carbocycles. The molecule has 9 heteroatoms. The predicted molar refractivity (Wildman–Crippen MR) is 106 cm³/mol. The average molecular weight is 397 g/mol. The molecule has 0 spiro atoms. The number of carbonyl (C=O) groups excluding carboxylic acids is 2. The van der Waals surface area contributed by atoms with E-state index in [0.717, 1.165) is 11.3 Å². The lowest BCUT2D eigenvalue weighted by Gasteiger charge is -2.30. The van der Waals surface area contributed by atoms with Gasteiger partial charge in [0.15, 0.2) is 11.0 Å². The molecule has 0 saturated heterocycles. The van der Waals surface area contributed by atoms with Crippen LogP contribution in [0.1, 0.15) is 12.7 Å². The van der Waals surface area contributed by atoms with Crippen LogP contribution in [0.5, 0.6) is 0 Å². The summed E-state index contributed by atoms with van der Waals surface area (Å²) < 4.78 is 7.18. The maximum absolute atomic E-state index is 13.1. The van der Waals surface area contributed by atoms with Crippen molar-refractivity contribution in [2.24, 2.45) is 7.05 Å². The van der Waals surface area contributed by atoms with Gasteiger partial charge in [0, 0.05) is 7.05 Å². The number of thioether (sulfide) groups is 1. The standard InChI is InChI=1S/C19H19N5O3S/c1-11-13(8-9-27-11)17-21-22-19(23(17)3)28-12(2)18(26)24-10-16(25)20-14-6-4-5-7-15(14)24/h4-9,12H,10H2,1-3H3,(H,20,25)/t12-/m0/s1. The van der Waals surface area contributed by atoms with Crippen molar-refractivity contribution in [3.05, 3.63) is 42.4 Å². The van der Waals surface area contributed by atoms with Crippen LogP contribution in [0.2, 0.25) is 0 Å². The van der Waals surface area contributed by atoms with Gasteiger partial charge in [-0.3, -0.25) is 14.5 Å². The lowest BCUT2D eigenvalue weighted by Crippen LogP contribution is -2.45. The van der Waals surface area contributed by atoms with Crippen molar-refractivity contribution in [2.45, 2.75) is 24.3 Å². The largest absolute Gasteiger partial charge is 0.469 e. The van der Waals surface area contributed by atoms with Gasteiger partial charge in [-0.1, -0.05) is 23.9 Å². The first-order chi connectivity index (χ1) is 13.5. The van der Waals surface area contributed by atoms with Crippen molar-refractivity contribution in [3.63, 3.8) is 0 Å². The highest BCUT2D eigenvalue weighted by atomic mass is 32.2. The lowest BCUT2D eigenvalue weighted by molar-refractivity contribution is -0.121. The minimum absolute atomic E-state index is 0.000966. The Morgan fingerprint density at radius 1 is 1.29 bits per heavy atom. The molecule has 144 valence electrons. The molecule has 28 heavy (non-hydrogen) atoms. The van der Waals surface area contributed by atoms with Gasteiger partial charge in [0.1, 0.15) is 12.3 Å². The van der Waals surface area contributed by atoms with Gasteiger partial charge in [0.05, 0.1) is 28.5 Å². The minimum Gasteiger partial charge on any atom is -0.469 e. The van der Waals surface area contributed by atoms with Crippen molar-refractivity contribution in [1.82, 2.24) is 14.8 Å². The van der Waals surface area contributed by atoms with E-state index in [1.807, 2.05) is 42.8 Å². The third-order valence-corrected chi connectivity index (χ3v) is 5.72. The van der Waals surface area contributed by atoms with Gasteiger partial charge in [0.2, 0.25) is 11.8 Å². The Bertz CT molecular complexity index is 1060. The van der Waals surface area contributed by atoms with E-state index in [0.29, 0.717) is 22.4 Å². The summed E-state index contributed by atoms with van der Waals surface area (Å²) in [7, 11) is 1.85.